The molecule has 0 aliphatic rings. The fourth-order valence-electron chi connectivity index (χ4n) is 1.99. The highest BCUT2D eigenvalue weighted by molar-refractivity contribution is 7.91. The monoisotopic (exact) mass is 318 g/mol. The fourth-order valence-corrected chi connectivity index (χ4v) is 3.08. The number of hydrogen-bond acceptors (Lipinski definition) is 4. The van der Waals surface area contributed by atoms with E-state index in [9.17, 15) is 13.2 Å². The first kappa shape index (κ1) is 16.2. The number of ketones is 1. The first-order valence-corrected chi connectivity index (χ1v) is 8.57. The van der Waals surface area contributed by atoms with Crippen molar-refractivity contribution in [3.8, 4) is 5.75 Å². The summed E-state index contributed by atoms with van der Waals surface area (Å²) < 4.78 is 30.0. The molecule has 0 fully saturated rings. The summed E-state index contributed by atoms with van der Waals surface area (Å²) in [5, 5.41) is 0. The van der Waals surface area contributed by atoms with Gasteiger partial charge in [0.25, 0.3) is 0 Å². The van der Waals surface area contributed by atoms with Crippen molar-refractivity contribution >= 4 is 15.6 Å². The van der Waals surface area contributed by atoms with Crippen molar-refractivity contribution in [2.75, 3.05) is 12.4 Å². The van der Waals surface area contributed by atoms with Gasteiger partial charge in [0, 0.05) is 5.56 Å². The first-order valence-electron chi connectivity index (χ1n) is 6.92. The third-order valence-corrected chi connectivity index (χ3v) is 5.02. The average Bonchev–Trinajstić information content (AvgIpc) is 2.49. The molecule has 5 heteroatoms. The molecular formula is C17H18O4S. The molecule has 0 aromatic heterocycles. The molecule has 2 rings (SSSR count). The minimum atomic E-state index is -3.42. The maximum absolute atomic E-state index is 12.2. The van der Waals surface area contributed by atoms with Crippen molar-refractivity contribution in [2.24, 2.45) is 0 Å². The molecule has 116 valence electrons. The van der Waals surface area contributed by atoms with E-state index < -0.39 is 9.84 Å². The largest absolute Gasteiger partial charge is 0.492 e. The van der Waals surface area contributed by atoms with Crippen LogP contribution in [0.15, 0.2) is 53.4 Å². The lowest BCUT2D eigenvalue weighted by molar-refractivity contribution is 0.101. The van der Waals surface area contributed by atoms with Crippen LogP contribution in [0.5, 0.6) is 5.75 Å². The van der Waals surface area contributed by atoms with Gasteiger partial charge in [-0.2, -0.15) is 0 Å². The van der Waals surface area contributed by atoms with Crippen molar-refractivity contribution < 1.29 is 17.9 Å². The van der Waals surface area contributed by atoms with Gasteiger partial charge in [-0.15, -0.1) is 0 Å². The second-order valence-corrected chi connectivity index (χ2v) is 7.12. The Kier molecular flexibility index (Phi) is 4.98. The van der Waals surface area contributed by atoms with Gasteiger partial charge in [0.05, 0.1) is 10.6 Å². The van der Waals surface area contributed by atoms with Crippen LogP contribution in [0.4, 0.5) is 0 Å². The summed E-state index contributed by atoms with van der Waals surface area (Å²) in [6, 6.07) is 13.4. The van der Waals surface area contributed by atoms with Gasteiger partial charge in [-0.25, -0.2) is 8.42 Å². The normalized spacial score (nSPS) is 11.2. The molecule has 4 nitrogen and oxygen atoms in total. The van der Waals surface area contributed by atoms with E-state index in [4.69, 9.17) is 4.74 Å². The highest BCUT2D eigenvalue weighted by Crippen LogP contribution is 2.17. The molecule has 0 bridgehead atoms. The Morgan fingerprint density at radius 2 is 1.68 bits per heavy atom. The Morgan fingerprint density at radius 1 is 1.05 bits per heavy atom. The minimum absolute atomic E-state index is 0.0850. The van der Waals surface area contributed by atoms with Crippen molar-refractivity contribution in [3.63, 3.8) is 0 Å². The average molecular weight is 318 g/mol. The number of hydrogen-bond donors (Lipinski definition) is 0. The number of carbonyl (C=O) groups excluding carboxylic acids is 1. The second-order valence-electron chi connectivity index (χ2n) is 5.01. The summed E-state index contributed by atoms with van der Waals surface area (Å²) >= 11 is 0. The molecule has 0 heterocycles. The van der Waals surface area contributed by atoms with Crippen LogP contribution < -0.4 is 4.74 Å². The number of para-hydroxylation sites is 1. The molecule has 2 aromatic carbocycles. The molecule has 0 saturated carbocycles. The molecule has 0 N–H and O–H groups in total. The van der Waals surface area contributed by atoms with Crippen LogP contribution >= 0.6 is 0 Å². The molecule has 2 aromatic rings. The Labute approximate surface area is 130 Å². The lowest BCUT2D eigenvalue weighted by atomic mass is 10.2. The van der Waals surface area contributed by atoms with Gasteiger partial charge in [-0.05, 0) is 37.6 Å². The Bertz CT molecular complexity index is 762. The van der Waals surface area contributed by atoms with Gasteiger partial charge in [-0.1, -0.05) is 30.3 Å². The summed E-state index contributed by atoms with van der Waals surface area (Å²) in [6.07, 6.45) is 0. The zero-order chi connectivity index (χ0) is 16.2. The highest BCUT2D eigenvalue weighted by Gasteiger charge is 2.15. The smallest absolute Gasteiger partial charge is 0.181 e. The zero-order valence-corrected chi connectivity index (χ0v) is 13.4. The topological polar surface area (TPSA) is 60.4 Å². The SMILES string of the molecule is CC(=O)c1ccc(S(=O)(=O)CCOc2ccccc2C)cc1. The lowest BCUT2D eigenvalue weighted by Crippen LogP contribution is -2.14. The molecule has 22 heavy (non-hydrogen) atoms. The standard InChI is InChI=1S/C17H18O4S/c1-13-5-3-4-6-17(13)21-11-12-22(19,20)16-9-7-15(8-10-16)14(2)18/h3-10H,11-12H2,1-2H3. The van der Waals surface area contributed by atoms with Crippen molar-refractivity contribution in [3.05, 3.63) is 59.7 Å². The summed E-state index contributed by atoms with van der Waals surface area (Å²) in [5.74, 6) is 0.484. The fraction of sp³-hybridized carbons (Fsp3) is 0.235. The van der Waals surface area contributed by atoms with Crippen LogP contribution in [0.3, 0.4) is 0 Å². The Balaban J connectivity index is 2.02. The van der Waals surface area contributed by atoms with Crippen molar-refractivity contribution in [1.29, 1.82) is 0 Å². The predicted octanol–water partition coefficient (Wildman–Crippen LogP) is 3.05. The zero-order valence-electron chi connectivity index (χ0n) is 12.6. The quantitative estimate of drug-likeness (QED) is 0.768. The molecule has 0 spiro atoms. The number of carbonyl (C=O) groups is 1. The molecule has 0 aliphatic heterocycles. The number of sulfone groups is 1. The molecule has 0 radical (unpaired) electrons. The van der Waals surface area contributed by atoms with E-state index in [0.717, 1.165) is 5.56 Å². The van der Waals surface area contributed by atoms with Crippen LogP contribution in [0.2, 0.25) is 0 Å². The van der Waals surface area contributed by atoms with Gasteiger partial charge in [0.15, 0.2) is 15.6 Å². The van der Waals surface area contributed by atoms with Gasteiger partial charge >= 0.3 is 0 Å². The minimum Gasteiger partial charge on any atom is -0.492 e. The molecular weight excluding hydrogens is 300 g/mol. The van der Waals surface area contributed by atoms with Crippen LogP contribution in [-0.2, 0) is 9.84 Å². The van der Waals surface area contributed by atoms with Crippen LogP contribution in [0.25, 0.3) is 0 Å². The van der Waals surface area contributed by atoms with E-state index in [-0.39, 0.29) is 23.0 Å². The van der Waals surface area contributed by atoms with Gasteiger partial charge in [-0.3, -0.25) is 4.79 Å². The summed E-state index contributed by atoms with van der Waals surface area (Å²) in [6.45, 7) is 3.44. The Morgan fingerprint density at radius 3 is 2.27 bits per heavy atom. The third kappa shape index (κ3) is 3.95. The highest BCUT2D eigenvalue weighted by atomic mass is 32.2. The van der Waals surface area contributed by atoms with E-state index >= 15 is 0 Å². The maximum Gasteiger partial charge on any atom is 0.181 e. The lowest BCUT2D eigenvalue weighted by Gasteiger charge is -2.09. The maximum atomic E-state index is 12.2. The molecule has 0 saturated heterocycles. The number of rotatable bonds is 6. The van der Waals surface area contributed by atoms with Crippen molar-refractivity contribution in [1.82, 2.24) is 0 Å². The number of Topliss-reactive ketones (excluding diaryl/α,β-unsaturated/α-hetero) is 1. The summed E-state index contributed by atoms with van der Waals surface area (Å²) in [7, 11) is -3.42. The van der Waals surface area contributed by atoms with Crippen molar-refractivity contribution in [2.45, 2.75) is 18.7 Å². The van der Waals surface area contributed by atoms with E-state index in [0.29, 0.717) is 11.3 Å². The molecule has 0 amide bonds. The first-order chi connectivity index (χ1) is 10.4. The van der Waals surface area contributed by atoms with Gasteiger partial charge in [0.1, 0.15) is 12.4 Å². The molecule has 0 atom stereocenters. The summed E-state index contributed by atoms with van der Waals surface area (Å²) in [4.78, 5) is 11.4. The van der Waals surface area contributed by atoms with Crippen LogP contribution in [0.1, 0.15) is 22.8 Å². The number of benzene rings is 2. The second kappa shape index (κ2) is 6.75. The van der Waals surface area contributed by atoms with Gasteiger partial charge < -0.3 is 4.74 Å². The van der Waals surface area contributed by atoms with E-state index in [1.54, 1.807) is 0 Å². The Hall–Kier alpha value is -2.14. The predicted molar refractivity (Wildman–Crippen MR) is 85.2 cm³/mol. The summed E-state index contributed by atoms with van der Waals surface area (Å²) in [5.41, 5.74) is 1.46. The van der Waals surface area contributed by atoms with Crippen LogP contribution in [0, 0.1) is 6.92 Å². The van der Waals surface area contributed by atoms with E-state index in [1.807, 2.05) is 31.2 Å². The van der Waals surface area contributed by atoms with E-state index in [2.05, 4.69) is 0 Å². The molecule has 0 unspecified atom stereocenters. The van der Waals surface area contributed by atoms with Gasteiger partial charge in [0.2, 0.25) is 0 Å². The molecule has 0 aliphatic carbocycles. The van der Waals surface area contributed by atoms with Crippen LogP contribution in [-0.4, -0.2) is 26.6 Å². The third-order valence-electron chi connectivity index (χ3n) is 3.32. The number of ether oxygens (including phenoxy) is 1. The van der Waals surface area contributed by atoms with E-state index in [1.165, 1.54) is 31.2 Å². The number of aryl methyl sites for hydroxylation is 1.